The van der Waals surface area contributed by atoms with Crippen molar-refractivity contribution in [3.8, 4) is 0 Å². The van der Waals surface area contributed by atoms with E-state index in [9.17, 15) is 4.39 Å². The summed E-state index contributed by atoms with van der Waals surface area (Å²) in [5.41, 5.74) is 2.68. The van der Waals surface area contributed by atoms with Gasteiger partial charge in [-0.1, -0.05) is 35.3 Å². The SMILES string of the molecule is Cc1ccc(CNC(=S)Nc2ccc(F)c(Cl)c2)cc1Cl. The van der Waals surface area contributed by atoms with Gasteiger partial charge in [-0.25, -0.2) is 4.39 Å². The van der Waals surface area contributed by atoms with Crippen LogP contribution in [0.25, 0.3) is 0 Å². The van der Waals surface area contributed by atoms with Crippen molar-refractivity contribution in [2.75, 3.05) is 5.32 Å². The zero-order valence-electron chi connectivity index (χ0n) is 11.2. The second kappa shape index (κ2) is 7.07. The van der Waals surface area contributed by atoms with Gasteiger partial charge in [0, 0.05) is 17.3 Å². The Bertz CT molecular complexity index is 677. The molecule has 0 spiro atoms. The normalized spacial score (nSPS) is 10.3. The lowest BCUT2D eigenvalue weighted by molar-refractivity contribution is 0.628. The van der Waals surface area contributed by atoms with E-state index in [4.69, 9.17) is 35.4 Å². The Kier molecular flexibility index (Phi) is 5.39. The van der Waals surface area contributed by atoms with E-state index in [0.29, 0.717) is 17.3 Å². The number of hydrogen-bond donors (Lipinski definition) is 2. The van der Waals surface area contributed by atoms with Crippen molar-refractivity contribution in [3.63, 3.8) is 0 Å². The highest BCUT2D eigenvalue weighted by atomic mass is 35.5. The van der Waals surface area contributed by atoms with Crippen LogP contribution in [0.5, 0.6) is 0 Å². The van der Waals surface area contributed by atoms with Crippen molar-refractivity contribution in [3.05, 3.63) is 63.4 Å². The summed E-state index contributed by atoms with van der Waals surface area (Å²) in [6.45, 7) is 2.49. The molecule has 0 unspecified atom stereocenters. The Labute approximate surface area is 138 Å². The first-order valence-electron chi connectivity index (χ1n) is 6.20. The molecule has 0 aromatic heterocycles. The minimum Gasteiger partial charge on any atom is -0.358 e. The molecular formula is C15H13Cl2FN2S. The van der Waals surface area contributed by atoms with Crippen LogP contribution in [0.3, 0.4) is 0 Å². The van der Waals surface area contributed by atoms with Gasteiger partial charge >= 0.3 is 0 Å². The van der Waals surface area contributed by atoms with Crippen LogP contribution in [0.4, 0.5) is 10.1 Å². The third kappa shape index (κ3) is 4.56. The van der Waals surface area contributed by atoms with E-state index in [1.54, 1.807) is 6.07 Å². The van der Waals surface area contributed by atoms with Gasteiger partial charge in [-0.15, -0.1) is 0 Å². The number of hydrogen-bond acceptors (Lipinski definition) is 1. The van der Waals surface area contributed by atoms with Crippen molar-refractivity contribution < 1.29 is 4.39 Å². The third-order valence-corrected chi connectivity index (χ3v) is 3.81. The molecule has 0 fully saturated rings. The summed E-state index contributed by atoms with van der Waals surface area (Å²) < 4.78 is 13.1. The van der Waals surface area contributed by atoms with Crippen molar-refractivity contribution in [2.45, 2.75) is 13.5 Å². The molecule has 2 rings (SSSR count). The molecule has 0 aliphatic carbocycles. The summed E-state index contributed by atoms with van der Waals surface area (Å²) in [4.78, 5) is 0. The monoisotopic (exact) mass is 342 g/mol. The molecule has 2 aromatic rings. The number of halogens is 3. The molecule has 2 nitrogen and oxygen atoms in total. The molecule has 2 aromatic carbocycles. The van der Waals surface area contributed by atoms with Crippen LogP contribution in [-0.2, 0) is 6.54 Å². The van der Waals surface area contributed by atoms with Gasteiger partial charge in [-0.3, -0.25) is 0 Å². The van der Waals surface area contributed by atoms with Crippen molar-refractivity contribution in [1.29, 1.82) is 0 Å². The minimum absolute atomic E-state index is 0.0492. The van der Waals surface area contributed by atoms with E-state index in [0.717, 1.165) is 16.1 Å². The average molecular weight is 343 g/mol. The van der Waals surface area contributed by atoms with Gasteiger partial charge in [0.15, 0.2) is 5.11 Å². The van der Waals surface area contributed by atoms with Gasteiger partial charge in [0.1, 0.15) is 5.82 Å². The number of anilines is 1. The van der Waals surface area contributed by atoms with Gasteiger partial charge in [0.2, 0.25) is 0 Å². The second-order valence-electron chi connectivity index (χ2n) is 4.52. The minimum atomic E-state index is -0.463. The van der Waals surface area contributed by atoms with E-state index < -0.39 is 5.82 Å². The summed E-state index contributed by atoms with van der Waals surface area (Å²) in [5.74, 6) is -0.463. The van der Waals surface area contributed by atoms with Crippen LogP contribution in [0, 0.1) is 12.7 Å². The lowest BCUT2D eigenvalue weighted by Gasteiger charge is -2.11. The number of nitrogens with one attached hydrogen (secondary N) is 2. The molecule has 2 N–H and O–H groups in total. The second-order valence-corrected chi connectivity index (χ2v) is 5.74. The van der Waals surface area contributed by atoms with Crippen molar-refractivity contribution in [1.82, 2.24) is 5.32 Å². The zero-order valence-corrected chi connectivity index (χ0v) is 13.5. The quantitative estimate of drug-likeness (QED) is 0.773. The lowest BCUT2D eigenvalue weighted by Crippen LogP contribution is -2.27. The molecule has 0 amide bonds. The fourth-order valence-corrected chi connectivity index (χ4v) is 2.25. The van der Waals surface area contributed by atoms with Gasteiger partial charge in [-0.2, -0.15) is 0 Å². The Hall–Kier alpha value is -1.36. The maximum Gasteiger partial charge on any atom is 0.171 e. The predicted octanol–water partition coefficient (Wildman–Crippen LogP) is 4.93. The zero-order chi connectivity index (χ0) is 15.4. The summed E-state index contributed by atoms with van der Waals surface area (Å²) >= 11 is 17.0. The molecule has 0 heterocycles. The molecule has 6 heteroatoms. The summed E-state index contributed by atoms with van der Waals surface area (Å²) in [6, 6.07) is 10.2. The molecule has 0 atom stereocenters. The number of thiocarbonyl (C=S) groups is 1. The fourth-order valence-electron chi connectivity index (χ4n) is 1.68. The van der Waals surface area contributed by atoms with E-state index in [2.05, 4.69) is 10.6 Å². The highest BCUT2D eigenvalue weighted by Crippen LogP contribution is 2.19. The fraction of sp³-hybridized carbons (Fsp3) is 0.133. The maximum absolute atomic E-state index is 13.1. The maximum atomic E-state index is 13.1. The molecule has 0 aliphatic heterocycles. The Morgan fingerprint density at radius 3 is 2.57 bits per heavy atom. The van der Waals surface area contributed by atoms with E-state index in [-0.39, 0.29) is 5.02 Å². The van der Waals surface area contributed by atoms with E-state index >= 15 is 0 Å². The summed E-state index contributed by atoms with van der Waals surface area (Å²) in [5, 5.41) is 7.19. The molecule has 21 heavy (non-hydrogen) atoms. The topological polar surface area (TPSA) is 24.1 Å². The third-order valence-electron chi connectivity index (χ3n) is 2.87. The summed E-state index contributed by atoms with van der Waals surface area (Å²) in [6.07, 6.45) is 0. The van der Waals surface area contributed by atoms with Crippen LogP contribution >= 0.6 is 35.4 Å². The smallest absolute Gasteiger partial charge is 0.171 e. The molecule has 0 bridgehead atoms. The molecule has 110 valence electrons. The average Bonchev–Trinajstić information content (AvgIpc) is 2.44. The van der Waals surface area contributed by atoms with E-state index in [1.807, 2.05) is 25.1 Å². The molecule has 0 radical (unpaired) electrons. The molecule has 0 saturated carbocycles. The first-order valence-corrected chi connectivity index (χ1v) is 7.37. The highest BCUT2D eigenvalue weighted by Gasteiger charge is 2.03. The van der Waals surface area contributed by atoms with Crippen LogP contribution in [0.2, 0.25) is 10.0 Å². The first-order chi connectivity index (χ1) is 9.95. The predicted molar refractivity (Wildman–Crippen MR) is 90.7 cm³/mol. The van der Waals surface area contributed by atoms with Gasteiger partial charge in [0.05, 0.1) is 5.02 Å². The van der Waals surface area contributed by atoms with Gasteiger partial charge in [0.25, 0.3) is 0 Å². The Balaban J connectivity index is 1.92. The van der Waals surface area contributed by atoms with Gasteiger partial charge in [-0.05, 0) is 54.5 Å². The largest absolute Gasteiger partial charge is 0.358 e. The first kappa shape index (κ1) is 16.0. The number of aryl methyl sites for hydroxylation is 1. The lowest BCUT2D eigenvalue weighted by atomic mass is 10.1. The van der Waals surface area contributed by atoms with Crippen molar-refractivity contribution in [2.24, 2.45) is 0 Å². The molecule has 0 saturated heterocycles. The number of rotatable bonds is 3. The van der Waals surface area contributed by atoms with E-state index in [1.165, 1.54) is 12.1 Å². The van der Waals surface area contributed by atoms with Gasteiger partial charge < -0.3 is 10.6 Å². The standard InChI is InChI=1S/C15H13Cl2FN2S/c1-9-2-3-10(6-12(9)16)8-19-15(21)20-11-4-5-14(18)13(17)7-11/h2-7H,8H2,1H3,(H2,19,20,21). The Morgan fingerprint density at radius 1 is 1.14 bits per heavy atom. The van der Waals surface area contributed by atoms with Crippen LogP contribution in [0.1, 0.15) is 11.1 Å². The molecular weight excluding hydrogens is 330 g/mol. The van der Waals surface area contributed by atoms with Crippen molar-refractivity contribution >= 4 is 46.2 Å². The van der Waals surface area contributed by atoms with Crippen LogP contribution < -0.4 is 10.6 Å². The van der Waals surface area contributed by atoms with Crippen LogP contribution in [-0.4, -0.2) is 5.11 Å². The summed E-state index contributed by atoms with van der Waals surface area (Å²) in [7, 11) is 0. The van der Waals surface area contributed by atoms with Crippen LogP contribution in [0.15, 0.2) is 36.4 Å². The Morgan fingerprint density at radius 2 is 1.90 bits per heavy atom. The highest BCUT2D eigenvalue weighted by molar-refractivity contribution is 7.80. The number of benzene rings is 2. The molecule has 0 aliphatic rings.